The number of hydrogen-bond donors (Lipinski definition) is 0. The van der Waals surface area contributed by atoms with Gasteiger partial charge in [-0.3, -0.25) is 10.1 Å². The third-order valence-corrected chi connectivity index (χ3v) is 2.05. The third-order valence-electron chi connectivity index (χ3n) is 1.74. The highest BCUT2D eigenvalue weighted by molar-refractivity contribution is 6.17. The predicted molar refractivity (Wildman–Crippen MR) is 54.2 cm³/mol. The maximum absolute atomic E-state index is 11.9. The van der Waals surface area contributed by atoms with E-state index in [1.54, 1.807) is 0 Å². The Morgan fingerprint density at radius 2 is 2.19 bits per heavy atom. The lowest BCUT2D eigenvalue weighted by molar-refractivity contribution is -0.386. The number of nitro benzene ring substituents is 1. The second-order valence-corrected chi connectivity index (χ2v) is 3.16. The summed E-state index contributed by atoms with van der Waals surface area (Å²) in [6.07, 6.45) is -2.67. The lowest BCUT2D eigenvalue weighted by atomic mass is 10.2. The van der Waals surface area contributed by atoms with Crippen LogP contribution in [0.1, 0.15) is 5.56 Å². The van der Waals surface area contributed by atoms with E-state index < -0.39 is 18.0 Å². The van der Waals surface area contributed by atoms with Gasteiger partial charge in [-0.25, -0.2) is 8.78 Å². The molecule has 0 N–H and O–H groups in total. The molecule has 0 saturated heterocycles. The van der Waals surface area contributed by atoms with E-state index in [2.05, 4.69) is 4.74 Å². The zero-order valence-corrected chi connectivity index (χ0v) is 8.79. The van der Waals surface area contributed by atoms with E-state index in [1.165, 1.54) is 18.2 Å². The van der Waals surface area contributed by atoms with Crippen molar-refractivity contribution in [2.75, 3.05) is 6.61 Å². The van der Waals surface area contributed by atoms with Crippen LogP contribution in [0.25, 0.3) is 0 Å². The summed E-state index contributed by atoms with van der Waals surface area (Å²) in [4.78, 5) is 9.93. The Kier molecular flexibility index (Phi) is 4.42. The second-order valence-electron chi connectivity index (χ2n) is 2.89. The van der Waals surface area contributed by atoms with Crippen LogP contribution in [0.4, 0.5) is 14.5 Å². The normalized spacial score (nSPS) is 10.5. The first-order valence-electron chi connectivity index (χ1n) is 4.29. The van der Waals surface area contributed by atoms with E-state index in [9.17, 15) is 18.9 Å². The van der Waals surface area contributed by atoms with E-state index in [0.717, 1.165) is 0 Å². The molecule has 4 nitrogen and oxygen atoms in total. The molecule has 0 bridgehead atoms. The highest BCUT2D eigenvalue weighted by atomic mass is 35.5. The first kappa shape index (κ1) is 12.6. The molecular weight excluding hydrogens is 244 g/mol. The number of rotatable bonds is 5. The number of benzene rings is 1. The number of alkyl halides is 3. The summed E-state index contributed by atoms with van der Waals surface area (Å²) in [5.74, 6) is -0.0742. The molecule has 0 amide bonds. The molecule has 88 valence electrons. The van der Waals surface area contributed by atoms with Crippen molar-refractivity contribution < 1.29 is 18.4 Å². The van der Waals surface area contributed by atoms with Gasteiger partial charge in [0.2, 0.25) is 0 Å². The molecule has 1 aromatic rings. The standard InChI is InChI=1S/C9H8ClF2NO3/c10-4-6-1-2-8(16-5-9(11)12)7(3-6)13(14)15/h1-3,9H,4-5H2. The van der Waals surface area contributed by atoms with Crippen LogP contribution >= 0.6 is 11.6 Å². The van der Waals surface area contributed by atoms with Crippen LogP contribution in [0.5, 0.6) is 5.75 Å². The highest BCUT2D eigenvalue weighted by Crippen LogP contribution is 2.28. The summed E-state index contributed by atoms with van der Waals surface area (Å²) in [5, 5.41) is 10.6. The van der Waals surface area contributed by atoms with Crippen molar-refractivity contribution in [1.82, 2.24) is 0 Å². The van der Waals surface area contributed by atoms with Gasteiger partial charge in [-0.1, -0.05) is 6.07 Å². The van der Waals surface area contributed by atoms with Crippen molar-refractivity contribution in [2.45, 2.75) is 12.3 Å². The Morgan fingerprint density at radius 3 is 2.69 bits per heavy atom. The van der Waals surface area contributed by atoms with Crippen LogP contribution < -0.4 is 4.74 Å². The van der Waals surface area contributed by atoms with Crippen LogP contribution in [0.2, 0.25) is 0 Å². The first-order valence-corrected chi connectivity index (χ1v) is 4.82. The molecule has 0 aliphatic carbocycles. The van der Waals surface area contributed by atoms with Crippen LogP contribution in [-0.2, 0) is 5.88 Å². The van der Waals surface area contributed by atoms with Crippen molar-refractivity contribution in [3.8, 4) is 5.75 Å². The molecule has 0 spiro atoms. The Labute approximate surface area is 94.9 Å². The van der Waals surface area contributed by atoms with Crippen LogP contribution in [0.3, 0.4) is 0 Å². The number of hydrogen-bond acceptors (Lipinski definition) is 3. The first-order chi connectivity index (χ1) is 7.54. The van der Waals surface area contributed by atoms with Gasteiger partial charge < -0.3 is 4.74 Å². The predicted octanol–water partition coefficient (Wildman–Crippen LogP) is 2.98. The maximum Gasteiger partial charge on any atom is 0.311 e. The van der Waals surface area contributed by atoms with E-state index in [1.807, 2.05) is 0 Å². The zero-order valence-electron chi connectivity index (χ0n) is 8.03. The number of halogens is 3. The summed E-state index contributed by atoms with van der Waals surface area (Å²) in [5.41, 5.74) is 0.163. The quantitative estimate of drug-likeness (QED) is 0.459. The lowest BCUT2D eigenvalue weighted by Crippen LogP contribution is -2.08. The molecule has 0 saturated carbocycles. The minimum Gasteiger partial charge on any atom is -0.481 e. The number of ether oxygens (including phenoxy) is 1. The average molecular weight is 252 g/mol. The summed E-state index contributed by atoms with van der Waals surface area (Å²) in [6.45, 7) is -0.874. The van der Waals surface area contributed by atoms with E-state index in [0.29, 0.717) is 5.56 Å². The Hall–Kier alpha value is -1.43. The maximum atomic E-state index is 11.9. The molecular formula is C9H8ClF2NO3. The van der Waals surface area contributed by atoms with Gasteiger partial charge in [0.1, 0.15) is 6.61 Å². The van der Waals surface area contributed by atoms with Crippen molar-refractivity contribution in [3.63, 3.8) is 0 Å². The van der Waals surface area contributed by atoms with Crippen LogP contribution in [-0.4, -0.2) is 18.0 Å². The van der Waals surface area contributed by atoms with Gasteiger partial charge in [-0.05, 0) is 11.6 Å². The van der Waals surface area contributed by atoms with Gasteiger partial charge in [-0.2, -0.15) is 0 Å². The summed E-state index contributed by atoms with van der Waals surface area (Å²) in [7, 11) is 0. The van der Waals surface area contributed by atoms with Crippen molar-refractivity contribution in [3.05, 3.63) is 33.9 Å². The Bertz CT molecular complexity index is 387. The van der Waals surface area contributed by atoms with Crippen LogP contribution in [0.15, 0.2) is 18.2 Å². The molecule has 1 rings (SSSR count). The molecule has 7 heteroatoms. The molecule has 0 radical (unpaired) electrons. The summed E-state index contributed by atoms with van der Waals surface area (Å²) >= 11 is 5.50. The van der Waals surface area contributed by atoms with Crippen molar-refractivity contribution in [1.29, 1.82) is 0 Å². The fourth-order valence-electron chi connectivity index (χ4n) is 1.06. The van der Waals surface area contributed by atoms with Gasteiger partial charge in [0.15, 0.2) is 5.75 Å². The fraction of sp³-hybridized carbons (Fsp3) is 0.333. The topological polar surface area (TPSA) is 52.4 Å². The molecule has 0 fully saturated rings. The van der Waals surface area contributed by atoms with Gasteiger partial charge in [-0.15, -0.1) is 11.6 Å². The minimum absolute atomic E-state index is 0.107. The van der Waals surface area contributed by atoms with Crippen molar-refractivity contribution in [2.24, 2.45) is 0 Å². The molecule has 0 aliphatic heterocycles. The number of nitrogens with zero attached hydrogens (tertiary/aromatic N) is 1. The van der Waals surface area contributed by atoms with E-state index >= 15 is 0 Å². The molecule has 0 heterocycles. The third kappa shape index (κ3) is 3.30. The van der Waals surface area contributed by atoms with E-state index in [4.69, 9.17) is 11.6 Å². The molecule has 0 atom stereocenters. The molecule has 0 aromatic heterocycles. The zero-order chi connectivity index (χ0) is 12.1. The molecule has 16 heavy (non-hydrogen) atoms. The van der Waals surface area contributed by atoms with Crippen molar-refractivity contribution >= 4 is 17.3 Å². The van der Waals surface area contributed by atoms with Gasteiger partial charge in [0.25, 0.3) is 6.43 Å². The SMILES string of the molecule is O=[N+]([O-])c1cc(CCl)ccc1OCC(F)F. The fourth-order valence-corrected chi connectivity index (χ4v) is 1.23. The number of nitro groups is 1. The highest BCUT2D eigenvalue weighted by Gasteiger charge is 2.17. The Morgan fingerprint density at radius 1 is 1.50 bits per heavy atom. The second kappa shape index (κ2) is 5.60. The molecule has 0 unspecified atom stereocenters. The summed E-state index contributed by atoms with van der Waals surface area (Å²) < 4.78 is 28.4. The molecule has 0 aliphatic rings. The van der Waals surface area contributed by atoms with Crippen LogP contribution in [0, 0.1) is 10.1 Å². The average Bonchev–Trinajstić information content (AvgIpc) is 2.25. The smallest absolute Gasteiger partial charge is 0.311 e. The van der Waals surface area contributed by atoms with E-state index in [-0.39, 0.29) is 17.3 Å². The summed E-state index contributed by atoms with van der Waals surface area (Å²) in [6, 6.07) is 3.95. The Balaban J connectivity index is 2.94. The van der Waals surface area contributed by atoms with Gasteiger partial charge in [0, 0.05) is 11.9 Å². The van der Waals surface area contributed by atoms with Gasteiger partial charge in [0.05, 0.1) is 4.92 Å². The monoisotopic (exact) mass is 251 g/mol. The lowest BCUT2D eigenvalue weighted by Gasteiger charge is -2.06. The molecule has 1 aromatic carbocycles. The largest absolute Gasteiger partial charge is 0.481 e. The minimum atomic E-state index is -2.67. The van der Waals surface area contributed by atoms with Gasteiger partial charge >= 0.3 is 5.69 Å².